The van der Waals surface area contributed by atoms with Gasteiger partial charge < -0.3 is 10.2 Å². The van der Waals surface area contributed by atoms with E-state index in [0.29, 0.717) is 15.7 Å². The minimum absolute atomic E-state index is 0.0652. The van der Waals surface area contributed by atoms with Crippen molar-refractivity contribution in [3.63, 3.8) is 0 Å². The molecule has 1 unspecified atom stereocenters. The van der Waals surface area contributed by atoms with Crippen molar-refractivity contribution in [2.45, 2.75) is 13.0 Å². The van der Waals surface area contributed by atoms with Crippen LogP contribution in [0.1, 0.15) is 6.92 Å². The van der Waals surface area contributed by atoms with Crippen LogP contribution in [0.15, 0.2) is 42.6 Å². The van der Waals surface area contributed by atoms with E-state index in [-0.39, 0.29) is 11.9 Å². The van der Waals surface area contributed by atoms with Crippen molar-refractivity contribution in [2.75, 3.05) is 36.4 Å². The molecular formula is C18H20Cl2N4O. The van der Waals surface area contributed by atoms with Crippen LogP contribution in [0.25, 0.3) is 0 Å². The highest BCUT2D eigenvalue weighted by atomic mass is 35.5. The van der Waals surface area contributed by atoms with E-state index in [1.54, 1.807) is 24.4 Å². The monoisotopic (exact) mass is 378 g/mol. The highest BCUT2D eigenvalue weighted by molar-refractivity contribution is 6.35. The normalized spacial score (nSPS) is 16.5. The molecule has 0 saturated carbocycles. The largest absolute Gasteiger partial charge is 0.354 e. The minimum Gasteiger partial charge on any atom is -0.354 e. The first-order chi connectivity index (χ1) is 12.0. The summed E-state index contributed by atoms with van der Waals surface area (Å²) < 4.78 is 0. The summed E-state index contributed by atoms with van der Waals surface area (Å²) in [5.41, 5.74) is 0.612. The summed E-state index contributed by atoms with van der Waals surface area (Å²) in [5.74, 6) is 0.914. The zero-order valence-corrected chi connectivity index (χ0v) is 15.5. The number of rotatable bonds is 4. The molecular weight excluding hydrogens is 359 g/mol. The van der Waals surface area contributed by atoms with Crippen molar-refractivity contribution in [2.24, 2.45) is 0 Å². The molecule has 1 N–H and O–H groups in total. The van der Waals surface area contributed by atoms with Gasteiger partial charge in [0.2, 0.25) is 5.91 Å². The number of carbonyl (C=O) groups excluding carboxylic acids is 1. The molecule has 1 fully saturated rings. The first-order valence-corrected chi connectivity index (χ1v) is 8.95. The number of aromatic nitrogens is 1. The molecule has 5 nitrogen and oxygen atoms in total. The SMILES string of the molecule is CC(C(=O)Nc1cc(Cl)cc(Cl)c1)N1CCN(c2ccccn2)CC1. The van der Waals surface area contributed by atoms with Gasteiger partial charge in [0.15, 0.2) is 0 Å². The molecule has 7 heteroatoms. The lowest BCUT2D eigenvalue weighted by Crippen LogP contribution is -2.53. The summed E-state index contributed by atoms with van der Waals surface area (Å²) in [5, 5.41) is 3.89. The third-order valence-electron chi connectivity index (χ3n) is 4.34. The molecule has 0 spiro atoms. The van der Waals surface area contributed by atoms with Crippen LogP contribution in [0.5, 0.6) is 0 Å². The fourth-order valence-corrected chi connectivity index (χ4v) is 3.44. The van der Waals surface area contributed by atoms with Gasteiger partial charge in [-0.25, -0.2) is 4.98 Å². The first-order valence-electron chi connectivity index (χ1n) is 8.20. The molecule has 0 aliphatic carbocycles. The highest BCUT2D eigenvalue weighted by Crippen LogP contribution is 2.23. The molecule has 2 aromatic rings. The summed E-state index contributed by atoms with van der Waals surface area (Å²) >= 11 is 12.0. The van der Waals surface area contributed by atoms with Crippen molar-refractivity contribution < 1.29 is 4.79 Å². The van der Waals surface area contributed by atoms with E-state index in [1.807, 2.05) is 25.1 Å². The fourth-order valence-electron chi connectivity index (χ4n) is 2.92. The van der Waals surface area contributed by atoms with Crippen molar-refractivity contribution in [3.8, 4) is 0 Å². The van der Waals surface area contributed by atoms with Crippen molar-refractivity contribution in [3.05, 3.63) is 52.6 Å². The van der Waals surface area contributed by atoms with Gasteiger partial charge in [0.1, 0.15) is 5.82 Å². The van der Waals surface area contributed by atoms with Gasteiger partial charge in [-0.05, 0) is 37.3 Å². The fraction of sp³-hybridized carbons (Fsp3) is 0.333. The molecule has 25 heavy (non-hydrogen) atoms. The van der Waals surface area contributed by atoms with E-state index in [2.05, 4.69) is 20.1 Å². The summed E-state index contributed by atoms with van der Waals surface area (Å²) in [6.45, 7) is 5.22. The number of halogens is 2. The Morgan fingerprint density at radius 1 is 1.12 bits per heavy atom. The Hall–Kier alpha value is -1.82. The Balaban J connectivity index is 1.56. The van der Waals surface area contributed by atoms with Crippen LogP contribution in [0.2, 0.25) is 10.0 Å². The van der Waals surface area contributed by atoms with Crippen LogP contribution >= 0.6 is 23.2 Å². The Kier molecular flexibility index (Phi) is 5.78. The molecule has 1 atom stereocenters. The van der Waals surface area contributed by atoms with Gasteiger partial charge in [0.05, 0.1) is 6.04 Å². The minimum atomic E-state index is -0.233. The molecule has 1 aliphatic heterocycles. The first kappa shape index (κ1) is 18.0. The molecule has 0 bridgehead atoms. The number of hydrogen-bond donors (Lipinski definition) is 1. The maximum absolute atomic E-state index is 12.5. The van der Waals surface area contributed by atoms with E-state index in [4.69, 9.17) is 23.2 Å². The van der Waals surface area contributed by atoms with E-state index in [0.717, 1.165) is 32.0 Å². The maximum atomic E-state index is 12.5. The van der Waals surface area contributed by atoms with E-state index in [9.17, 15) is 4.79 Å². The predicted octanol–water partition coefficient (Wildman–Crippen LogP) is 3.54. The third-order valence-corrected chi connectivity index (χ3v) is 4.78. The second-order valence-corrected chi connectivity index (χ2v) is 6.91. The molecule has 1 aromatic carbocycles. The molecule has 1 aliphatic rings. The van der Waals surface area contributed by atoms with E-state index < -0.39 is 0 Å². The van der Waals surface area contributed by atoms with Gasteiger partial charge in [-0.2, -0.15) is 0 Å². The zero-order chi connectivity index (χ0) is 17.8. The second-order valence-electron chi connectivity index (χ2n) is 6.03. The maximum Gasteiger partial charge on any atom is 0.241 e. The third kappa shape index (κ3) is 4.63. The summed E-state index contributed by atoms with van der Waals surface area (Å²) in [6.07, 6.45) is 1.80. The van der Waals surface area contributed by atoms with Crippen molar-refractivity contribution in [1.82, 2.24) is 9.88 Å². The molecule has 0 radical (unpaired) electrons. The van der Waals surface area contributed by atoms with Crippen molar-refractivity contribution in [1.29, 1.82) is 0 Å². The zero-order valence-electron chi connectivity index (χ0n) is 14.0. The van der Waals surface area contributed by atoms with Crippen molar-refractivity contribution >= 4 is 40.6 Å². The van der Waals surface area contributed by atoms with Crippen LogP contribution in [-0.4, -0.2) is 48.0 Å². The number of amides is 1. The summed E-state index contributed by atoms with van der Waals surface area (Å²) in [4.78, 5) is 21.3. The number of nitrogens with zero attached hydrogens (tertiary/aromatic N) is 3. The number of carbonyl (C=O) groups is 1. The van der Waals surface area contributed by atoms with Crippen LogP contribution in [0.3, 0.4) is 0 Å². The topological polar surface area (TPSA) is 48.5 Å². The second kappa shape index (κ2) is 8.04. The van der Waals surface area contributed by atoms with E-state index in [1.165, 1.54) is 0 Å². The smallest absolute Gasteiger partial charge is 0.241 e. The lowest BCUT2D eigenvalue weighted by molar-refractivity contribution is -0.120. The number of nitrogens with one attached hydrogen (secondary N) is 1. The number of benzene rings is 1. The Bertz CT molecular complexity index is 713. The van der Waals surface area contributed by atoms with Gasteiger partial charge in [-0.15, -0.1) is 0 Å². The Labute approximate surface area is 157 Å². The average molecular weight is 379 g/mol. The van der Waals surface area contributed by atoms with E-state index >= 15 is 0 Å². The number of hydrogen-bond acceptors (Lipinski definition) is 4. The summed E-state index contributed by atoms with van der Waals surface area (Å²) in [6, 6.07) is 10.7. The van der Waals surface area contributed by atoms with Gasteiger partial charge >= 0.3 is 0 Å². The van der Waals surface area contributed by atoms with Gasteiger partial charge in [-0.1, -0.05) is 29.3 Å². The molecule has 1 saturated heterocycles. The van der Waals surface area contributed by atoms with Crippen LogP contribution in [0, 0.1) is 0 Å². The molecule has 1 amide bonds. The highest BCUT2D eigenvalue weighted by Gasteiger charge is 2.26. The van der Waals surface area contributed by atoms with Crippen LogP contribution < -0.4 is 10.2 Å². The number of pyridine rings is 1. The molecule has 132 valence electrons. The van der Waals surface area contributed by atoms with Crippen LogP contribution in [0.4, 0.5) is 11.5 Å². The summed E-state index contributed by atoms with van der Waals surface area (Å²) in [7, 11) is 0. The van der Waals surface area contributed by atoms with Gasteiger partial charge in [0.25, 0.3) is 0 Å². The van der Waals surface area contributed by atoms with Gasteiger partial charge in [-0.3, -0.25) is 9.69 Å². The molecule has 3 rings (SSSR count). The quantitative estimate of drug-likeness (QED) is 0.883. The van der Waals surface area contributed by atoms with Gasteiger partial charge in [0, 0.05) is 48.1 Å². The number of anilines is 2. The Morgan fingerprint density at radius 3 is 2.40 bits per heavy atom. The lowest BCUT2D eigenvalue weighted by atomic mass is 10.2. The molecule has 1 aromatic heterocycles. The average Bonchev–Trinajstić information content (AvgIpc) is 2.61. The van der Waals surface area contributed by atoms with Crippen LogP contribution in [-0.2, 0) is 4.79 Å². The lowest BCUT2D eigenvalue weighted by Gasteiger charge is -2.37. The predicted molar refractivity (Wildman–Crippen MR) is 103 cm³/mol. The molecule has 2 heterocycles. The standard InChI is InChI=1S/C18H20Cl2N4O/c1-13(18(25)22-16-11-14(19)10-15(20)12-16)23-6-8-24(9-7-23)17-4-2-3-5-21-17/h2-5,10-13H,6-9H2,1H3,(H,22,25). The Morgan fingerprint density at radius 2 is 1.80 bits per heavy atom. The number of piperazine rings is 1.